The highest BCUT2D eigenvalue weighted by Gasteiger charge is 2.29. The van der Waals surface area contributed by atoms with E-state index in [1.807, 2.05) is 0 Å². The Morgan fingerprint density at radius 2 is 2.00 bits per heavy atom. The van der Waals surface area contributed by atoms with Gasteiger partial charge in [0, 0.05) is 19.2 Å². The molecule has 1 aliphatic heterocycles. The summed E-state index contributed by atoms with van der Waals surface area (Å²) in [6, 6.07) is 4.31. The number of amides is 1. The molecular weight excluding hydrogens is 304 g/mol. The molecule has 1 fully saturated rings. The number of benzene rings is 1. The lowest BCUT2D eigenvalue weighted by Gasteiger charge is -2.29. The fraction of sp³-hybridized carbons (Fsp3) is 0.467. The molecule has 23 heavy (non-hydrogen) atoms. The summed E-state index contributed by atoms with van der Waals surface area (Å²) in [5.74, 6) is -1.21. The molecule has 0 unspecified atom stereocenters. The van der Waals surface area contributed by atoms with E-state index in [9.17, 15) is 19.7 Å². The number of hydrogen-bond acceptors (Lipinski definition) is 6. The zero-order chi connectivity index (χ0) is 17.0. The van der Waals surface area contributed by atoms with Crippen LogP contribution >= 0.6 is 0 Å². The number of carbonyl (C=O) groups is 2. The maximum Gasteiger partial charge on any atom is 0.346 e. The third kappa shape index (κ3) is 3.84. The zero-order valence-corrected chi connectivity index (χ0v) is 13.0. The van der Waals surface area contributed by atoms with Gasteiger partial charge < -0.3 is 14.4 Å². The summed E-state index contributed by atoms with van der Waals surface area (Å²) in [6.07, 6.45) is -1.01. The minimum atomic E-state index is -1.01. The van der Waals surface area contributed by atoms with Gasteiger partial charge in [-0.25, -0.2) is 4.79 Å². The summed E-state index contributed by atoms with van der Waals surface area (Å²) in [7, 11) is 0. The van der Waals surface area contributed by atoms with E-state index in [0.29, 0.717) is 31.9 Å². The lowest BCUT2D eigenvalue weighted by molar-refractivity contribution is -0.385. The number of ether oxygens (including phenoxy) is 2. The average molecular weight is 322 g/mol. The largest absolute Gasteiger partial charge is 0.449 e. The first-order valence-electron chi connectivity index (χ1n) is 7.23. The third-order valence-corrected chi connectivity index (χ3v) is 3.61. The van der Waals surface area contributed by atoms with Gasteiger partial charge in [-0.3, -0.25) is 14.9 Å². The Hall–Kier alpha value is -2.48. The van der Waals surface area contributed by atoms with E-state index in [1.165, 1.54) is 19.1 Å². The van der Waals surface area contributed by atoms with Crippen molar-refractivity contribution in [3.8, 4) is 0 Å². The molecule has 2 rings (SSSR count). The van der Waals surface area contributed by atoms with Crippen molar-refractivity contribution in [1.29, 1.82) is 0 Å². The molecule has 1 aromatic rings. The number of nitro benzene ring substituents is 1. The smallest absolute Gasteiger partial charge is 0.346 e. The van der Waals surface area contributed by atoms with Gasteiger partial charge in [0.1, 0.15) is 5.56 Å². The Morgan fingerprint density at radius 1 is 1.35 bits per heavy atom. The fourth-order valence-electron chi connectivity index (χ4n) is 2.38. The van der Waals surface area contributed by atoms with E-state index >= 15 is 0 Å². The van der Waals surface area contributed by atoms with Gasteiger partial charge in [-0.05, 0) is 19.4 Å². The molecule has 0 aliphatic carbocycles. The maximum atomic E-state index is 12.3. The predicted molar refractivity (Wildman–Crippen MR) is 80.1 cm³/mol. The topological polar surface area (TPSA) is 99.0 Å². The Labute approximate surface area is 133 Å². The van der Waals surface area contributed by atoms with Gasteiger partial charge in [-0.1, -0.05) is 12.1 Å². The van der Waals surface area contributed by atoms with Crippen LogP contribution in [0, 0.1) is 17.0 Å². The van der Waals surface area contributed by atoms with Crippen LogP contribution in [0.3, 0.4) is 0 Å². The molecule has 1 atom stereocenters. The number of esters is 1. The average Bonchev–Trinajstić information content (AvgIpc) is 2.54. The molecule has 0 N–H and O–H groups in total. The standard InChI is InChI=1S/C15H18N2O6/c1-10-4-3-5-12(17(20)21)13(10)15(19)23-11(2)14(18)16-6-8-22-9-7-16/h3-5,11H,6-9H2,1-2H3/t11-/m0/s1. The molecule has 0 spiro atoms. The van der Waals surface area contributed by atoms with Crippen LogP contribution < -0.4 is 0 Å². The molecule has 1 amide bonds. The normalized spacial score (nSPS) is 15.8. The summed E-state index contributed by atoms with van der Waals surface area (Å²) in [6.45, 7) is 4.79. The molecule has 0 bridgehead atoms. The van der Waals surface area contributed by atoms with Gasteiger partial charge in [0.2, 0.25) is 0 Å². The first-order valence-corrected chi connectivity index (χ1v) is 7.23. The van der Waals surface area contributed by atoms with Crippen molar-refractivity contribution in [2.75, 3.05) is 26.3 Å². The van der Waals surface area contributed by atoms with Crippen molar-refractivity contribution in [3.05, 3.63) is 39.4 Å². The van der Waals surface area contributed by atoms with E-state index in [2.05, 4.69) is 0 Å². The molecule has 124 valence electrons. The molecule has 1 aromatic carbocycles. The second-order valence-corrected chi connectivity index (χ2v) is 5.21. The highest BCUT2D eigenvalue weighted by molar-refractivity contribution is 5.97. The van der Waals surface area contributed by atoms with E-state index in [4.69, 9.17) is 9.47 Å². The number of morpholine rings is 1. The SMILES string of the molecule is Cc1cccc([N+](=O)[O-])c1C(=O)O[C@@H](C)C(=O)N1CCOCC1. The number of nitrogens with zero attached hydrogens (tertiary/aromatic N) is 2. The van der Waals surface area contributed by atoms with Crippen LogP contribution in [-0.2, 0) is 14.3 Å². The summed E-state index contributed by atoms with van der Waals surface area (Å²) in [4.78, 5) is 36.5. The second-order valence-electron chi connectivity index (χ2n) is 5.21. The lowest BCUT2D eigenvalue weighted by atomic mass is 10.1. The third-order valence-electron chi connectivity index (χ3n) is 3.61. The fourth-order valence-corrected chi connectivity index (χ4v) is 2.38. The number of carbonyl (C=O) groups excluding carboxylic acids is 2. The Kier molecular flexibility index (Phi) is 5.28. The summed E-state index contributed by atoms with van der Waals surface area (Å²) in [5, 5.41) is 11.1. The van der Waals surface area contributed by atoms with Crippen molar-refractivity contribution in [2.24, 2.45) is 0 Å². The first-order chi connectivity index (χ1) is 10.9. The van der Waals surface area contributed by atoms with Gasteiger partial charge in [-0.2, -0.15) is 0 Å². The van der Waals surface area contributed by atoms with Crippen molar-refractivity contribution in [3.63, 3.8) is 0 Å². The van der Waals surface area contributed by atoms with Crippen molar-refractivity contribution in [2.45, 2.75) is 20.0 Å². The van der Waals surface area contributed by atoms with Gasteiger partial charge in [0.25, 0.3) is 11.6 Å². The number of aryl methyl sites for hydroxylation is 1. The quantitative estimate of drug-likeness (QED) is 0.471. The summed E-state index contributed by atoms with van der Waals surface area (Å²) in [5.41, 5.74) is -0.0321. The van der Waals surface area contributed by atoms with E-state index in [-0.39, 0.29) is 17.2 Å². The number of rotatable bonds is 4. The molecule has 0 saturated carbocycles. The zero-order valence-electron chi connectivity index (χ0n) is 13.0. The Morgan fingerprint density at radius 3 is 2.61 bits per heavy atom. The molecule has 1 heterocycles. The highest BCUT2D eigenvalue weighted by Crippen LogP contribution is 2.23. The van der Waals surface area contributed by atoms with Gasteiger partial charge in [0.05, 0.1) is 18.1 Å². The van der Waals surface area contributed by atoms with Crippen LogP contribution in [0.4, 0.5) is 5.69 Å². The van der Waals surface area contributed by atoms with Crippen LogP contribution in [0.15, 0.2) is 18.2 Å². The van der Waals surface area contributed by atoms with E-state index in [0.717, 1.165) is 0 Å². The number of hydrogen-bond donors (Lipinski definition) is 0. The van der Waals surface area contributed by atoms with Crippen molar-refractivity contribution in [1.82, 2.24) is 4.90 Å². The molecular formula is C15H18N2O6. The molecule has 0 radical (unpaired) electrons. The minimum Gasteiger partial charge on any atom is -0.449 e. The summed E-state index contributed by atoms with van der Waals surface area (Å²) < 4.78 is 10.3. The van der Waals surface area contributed by atoms with E-state index in [1.54, 1.807) is 17.9 Å². The Bertz CT molecular complexity index is 624. The highest BCUT2D eigenvalue weighted by atomic mass is 16.6. The van der Waals surface area contributed by atoms with Crippen molar-refractivity contribution < 1.29 is 24.0 Å². The molecule has 8 heteroatoms. The van der Waals surface area contributed by atoms with E-state index < -0.39 is 17.0 Å². The predicted octanol–water partition coefficient (Wildman–Crippen LogP) is 1.31. The first kappa shape index (κ1) is 16.9. The van der Waals surface area contributed by atoms with Crippen LogP contribution in [-0.4, -0.2) is 54.1 Å². The molecule has 8 nitrogen and oxygen atoms in total. The van der Waals surface area contributed by atoms with Crippen molar-refractivity contribution >= 4 is 17.6 Å². The van der Waals surface area contributed by atoms with Crippen LogP contribution in [0.5, 0.6) is 0 Å². The van der Waals surface area contributed by atoms with Crippen LogP contribution in [0.2, 0.25) is 0 Å². The Balaban J connectivity index is 2.12. The second kappa shape index (κ2) is 7.19. The number of nitro groups is 1. The van der Waals surface area contributed by atoms with Gasteiger partial charge in [-0.15, -0.1) is 0 Å². The monoisotopic (exact) mass is 322 g/mol. The minimum absolute atomic E-state index is 0.126. The maximum absolute atomic E-state index is 12.3. The van der Waals surface area contributed by atoms with Gasteiger partial charge in [0.15, 0.2) is 6.10 Å². The summed E-state index contributed by atoms with van der Waals surface area (Å²) >= 11 is 0. The molecule has 0 aromatic heterocycles. The van der Waals surface area contributed by atoms with Crippen LogP contribution in [0.25, 0.3) is 0 Å². The lowest BCUT2D eigenvalue weighted by Crippen LogP contribution is -2.46. The molecule has 1 aliphatic rings. The molecule has 1 saturated heterocycles. The van der Waals surface area contributed by atoms with Gasteiger partial charge >= 0.3 is 5.97 Å². The van der Waals surface area contributed by atoms with Crippen LogP contribution in [0.1, 0.15) is 22.8 Å².